The van der Waals surface area contributed by atoms with E-state index in [4.69, 9.17) is 4.98 Å². The van der Waals surface area contributed by atoms with Gasteiger partial charge in [-0.25, -0.2) is 4.98 Å². The van der Waals surface area contributed by atoms with Gasteiger partial charge in [0.15, 0.2) is 5.82 Å². The predicted octanol–water partition coefficient (Wildman–Crippen LogP) is 3.97. The van der Waals surface area contributed by atoms with Gasteiger partial charge in [-0.15, -0.1) is 0 Å². The molecular formula is C23H30N4O. The summed E-state index contributed by atoms with van der Waals surface area (Å²) in [6.45, 7) is 7.15. The van der Waals surface area contributed by atoms with E-state index in [1.54, 1.807) is 0 Å². The minimum atomic E-state index is -0.155. The van der Waals surface area contributed by atoms with Crippen molar-refractivity contribution in [2.75, 3.05) is 24.5 Å². The molecule has 2 aromatic rings. The molecule has 3 aliphatic rings. The Labute approximate surface area is 167 Å². The lowest BCUT2D eigenvalue weighted by atomic mass is 9.88. The topological polar surface area (TPSA) is 41.4 Å². The molecule has 1 saturated heterocycles. The van der Waals surface area contributed by atoms with Crippen molar-refractivity contribution in [3.8, 4) is 5.82 Å². The number of hydrogen-bond acceptors (Lipinski definition) is 3. The molecule has 1 atom stereocenters. The standard InChI is InChI=1S/C23H30N4O/c1-17(2)15-27-19-9-5-12-24-21(19)26-13-6-10-20(26)23(27)11-14-25(16-23)22(28)18-7-3-4-8-18/h5-6,9-10,12-13,17-18H,3-4,7-8,11,14-16H2,1-2H3. The van der Waals surface area contributed by atoms with Crippen LogP contribution in [-0.4, -0.2) is 40.0 Å². The van der Waals surface area contributed by atoms with E-state index in [0.717, 1.165) is 44.7 Å². The predicted molar refractivity (Wildman–Crippen MR) is 111 cm³/mol. The Hall–Kier alpha value is -2.30. The zero-order chi connectivity index (χ0) is 19.3. The maximum absolute atomic E-state index is 13.2. The Balaban J connectivity index is 1.56. The minimum absolute atomic E-state index is 0.155. The van der Waals surface area contributed by atoms with E-state index in [-0.39, 0.29) is 11.5 Å². The van der Waals surface area contributed by atoms with E-state index in [0.29, 0.717) is 11.8 Å². The maximum Gasteiger partial charge on any atom is 0.225 e. The second-order valence-corrected chi connectivity index (χ2v) is 9.14. The van der Waals surface area contributed by atoms with Crippen LogP contribution in [0.4, 0.5) is 5.69 Å². The highest BCUT2D eigenvalue weighted by Gasteiger charge is 2.51. The zero-order valence-corrected chi connectivity index (χ0v) is 17.0. The molecule has 28 heavy (non-hydrogen) atoms. The van der Waals surface area contributed by atoms with Crippen molar-refractivity contribution in [1.29, 1.82) is 0 Å². The highest BCUT2D eigenvalue weighted by molar-refractivity contribution is 5.80. The second kappa shape index (κ2) is 6.64. The lowest BCUT2D eigenvalue weighted by molar-refractivity contribution is -0.134. The number of likely N-dealkylation sites (tertiary alicyclic amines) is 1. The quantitative estimate of drug-likeness (QED) is 0.812. The lowest BCUT2D eigenvalue weighted by Gasteiger charge is -2.48. The summed E-state index contributed by atoms with van der Waals surface area (Å²) < 4.78 is 2.25. The van der Waals surface area contributed by atoms with Gasteiger partial charge in [-0.1, -0.05) is 26.7 Å². The first-order valence-electron chi connectivity index (χ1n) is 10.8. The van der Waals surface area contributed by atoms with Crippen LogP contribution in [-0.2, 0) is 10.3 Å². The summed E-state index contributed by atoms with van der Waals surface area (Å²) in [7, 11) is 0. The van der Waals surface area contributed by atoms with E-state index in [2.05, 4.69) is 52.6 Å². The fourth-order valence-corrected chi connectivity index (χ4v) is 5.58. The van der Waals surface area contributed by atoms with E-state index in [9.17, 15) is 4.79 Å². The Morgan fingerprint density at radius 1 is 1.25 bits per heavy atom. The lowest BCUT2D eigenvalue weighted by Crippen LogP contribution is -2.54. The van der Waals surface area contributed by atoms with Crippen molar-refractivity contribution in [3.63, 3.8) is 0 Å². The van der Waals surface area contributed by atoms with Crippen LogP contribution in [0.5, 0.6) is 0 Å². The van der Waals surface area contributed by atoms with Crippen molar-refractivity contribution in [2.24, 2.45) is 11.8 Å². The summed E-state index contributed by atoms with van der Waals surface area (Å²) in [5.41, 5.74) is 2.31. The summed E-state index contributed by atoms with van der Waals surface area (Å²) in [4.78, 5) is 22.6. The summed E-state index contributed by atoms with van der Waals surface area (Å²) in [6, 6.07) is 8.58. The molecular weight excluding hydrogens is 348 g/mol. The molecule has 1 unspecified atom stereocenters. The molecule has 1 spiro atoms. The molecule has 5 nitrogen and oxygen atoms in total. The number of anilines is 1. The number of carbonyl (C=O) groups is 1. The third-order valence-corrected chi connectivity index (χ3v) is 6.84. The van der Waals surface area contributed by atoms with Crippen LogP contribution in [0.3, 0.4) is 0 Å². The van der Waals surface area contributed by atoms with Crippen LogP contribution >= 0.6 is 0 Å². The number of aromatic nitrogens is 2. The molecule has 2 aliphatic heterocycles. The van der Waals surface area contributed by atoms with E-state index >= 15 is 0 Å². The van der Waals surface area contributed by atoms with E-state index < -0.39 is 0 Å². The SMILES string of the molecule is CC(C)CN1c2cccnc2-n2cccc2C12CCN(C(=O)C1CCCC1)C2. The second-order valence-electron chi connectivity index (χ2n) is 9.14. The average molecular weight is 379 g/mol. The average Bonchev–Trinajstić information content (AvgIpc) is 3.45. The van der Waals surface area contributed by atoms with Gasteiger partial charge in [0.2, 0.25) is 5.91 Å². The third kappa shape index (κ3) is 2.59. The van der Waals surface area contributed by atoms with Gasteiger partial charge in [0.05, 0.1) is 11.4 Å². The molecule has 5 heteroatoms. The molecule has 4 heterocycles. The zero-order valence-electron chi connectivity index (χ0n) is 17.0. The van der Waals surface area contributed by atoms with Crippen molar-refractivity contribution < 1.29 is 4.79 Å². The largest absolute Gasteiger partial charge is 0.355 e. The Bertz CT molecular complexity index is 882. The van der Waals surface area contributed by atoms with Crippen molar-refractivity contribution in [1.82, 2.24) is 14.5 Å². The summed E-state index contributed by atoms with van der Waals surface area (Å²) >= 11 is 0. The normalized spacial score (nSPS) is 24.2. The Kier molecular flexibility index (Phi) is 4.22. The van der Waals surface area contributed by atoms with Gasteiger partial charge >= 0.3 is 0 Å². The molecule has 0 bridgehead atoms. The molecule has 5 rings (SSSR count). The summed E-state index contributed by atoms with van der Waals surface area (Å²) in [5, 5.41) is 0. The molecule has 1 saturated carbocycles. The first kappa shape index (κ1) is 17.8. The molecule has 2 fully saturated rings. The molecule has 1 amide bonds. The Morgan fingerprint density at radius 2 is 2.07 bits per heavy atom. The maximum atomic E-state index is 13.2. The smallest absolute Gasteiger partial charge is 0.225 e. The van der Waals surface area contributed by atoms with Gasteiger partial charge in [-0.3, -0.25) is 4.79 Å². The van der Waals surface area contributed by atoms with Crippen LogP contribution < -0.4 is 4.90 Å². The number of amides is 1. The van der Waals surface area contributed by atoms with Gasteiger partial charge < -0.3 is 14.4 Å². The van der Waals surface area contributed by atoms with Crippen LogP contribution in [0.2, 0.25) is 0 Å². The Morgan fingerprint density at radius 3 is 2.86 bits per heavy atom. The van der Waals surface area contributed by atoms with Gasteiger partial charge in [0.1, 0.15) is 5.54 Å². The van der Waals surface area contributed by atoms with Crippen LogP contribution in [0.25, 0.3) is 5.82 Å². The van der Waals surface area contributed by atoms with Gasteiger partial charge in [0, 0.05) is 37.9 Å². The molecule has 0 radical (unpaired) electrons. The summed E-state index contributed by atoms with van der Waals surface area (Å²) in [5.74, 6) is 2.17. The monoisotopic (exact) mass is 378 g/mol. The van der Waals surface area contributed by atoms with Gasteiger partial charge in [-0.05, 0) is 49.4 Å². The van der Waals surface area contributed by atoms with Gasteiger partial charge in [-0.2, -0.15) is 0 Å². The van der Waals surface area contributed by atoms with Crippen LogP contribution in [0, 0.1) is 11.8 Å². The molecule has 148 valence electrons. The fraction of sp³-hybridized carbons (Fsp3) is 0.565. The molecule has 1 aliphatic carbocycles. The number of pyridine rings is 1. The van der Waals surface area contributed by atoms with E-state index in [1.165, 1.54) is 24.2 Å². The number of fused-ring (bicyclic) bond motifs is 4. The number of hydrogen-bond donors (Lipinski definition) is 0. The van der Waals surface area contributed by atoms with Crippen molar-refractivity contribution in [3.05, 3.63) is 42.4 Å². The number of rotatable bonds is 3. The highest BCUT2D eigenvalue weighted by atomic mass is 16.2. The minimum Gasteiger partial charge on any atom is -0.355 e. The van der Waals surface area contributed by atoms with Crippen LogP contribution in [0.15, 0.2) is 36.7 Å². The number of nitrogens with zero attached hydrogens (tertiary/aromatic N) is 4. The van der Waals surface area contributed by atoms with Crippen LogP contribution in [0.1, 0.15) is 51.6 Å². The fourth-order valence-electron chi connectivity index (χ4n) is 5.58. The first-order valence-corrected chi connectivity index (χ1v) is 10.8. The van der Waals surface area contributed by atoms with Crippen molar-refractivity contribution >= 4 is 11.6 Å². The van der Waals surface area contributed by atoms with Gasteiger partial charge in [0.25, 0.3) is 0 Å². The van der Waals surface area contributed by atoms with E-state index in [1.807, 2.05) is 12.3 Å². The molecule has 0 N–H and O–H groups in total. The number of carbonyl (C=O) groups excluding carboxylic acids is 1. The molecule has 0 aromatic carbocycles. The van der Waals surface area contributed by atoms with Crippen molar-refractivity contribution in [2.45, 2.75) is 51.5 Å². The first-order chi connectivity index (χ1) is 13.6. The molecule has 2 aromatic heterocycles. The summed E-state index contributed by atoms with van der Waals surface area (Å²) in [6.07, 6.45) is 9.53. The third-order valence-electron chi connectivity index (χ3n) is 6.84. The highest BCUT2D eigenvalue weighted by Crippen LogP contribution is 2.47.